The van der Waals surface area contributed by atoms with E-state index in [-0.39, 0.29) is 11.5 Å². The van der Waals surface area contributed by atoms with Gasteiger partial charge in [-0.05, 0) is 54.9 Å². The number of amides is 1. The van der Waals surface area contributed by atoms with Gasteiger partial charge in [-0.15, -0.1) is 0 Å². The van der Waals surface area contributed by atoms with E-state index in [1.165, 1.54) is 12.5 Å². The van der Waals surface area contributed by atoms with Crippen LogP contribution >= 0.6 is 11.6 Å². The first kappa shape index (κ1) is 24.1. The molecule has 1 aromatic heterocycles. The number of anilines is 1. The summed E-state index contributed by atoms with van der Waals surface area (Å²) in [5, 5.41) is 11.7. The van der Waals surface area contributed by atoms with Crippen molar-refractivity contribution in [3.05, 3.63) is 35.0 Å². The van der Waals surface area contributed by atoms with Gasteiger partial charge in [-0.25, -0.2) is 9.78 Å². The van der Waals surface area contributed by atoms with E-state index in [0.29, 0.717) is 27.5 Å². The third-order valence-electron chi connectivity index (χ3n) is 5.32. The second kappa shape index (κ2) is 9.29. The fourth-order valence-electron chi connectivity index (χ4n) is 3.79. The van der Waals surface area contributed by atoms with Crippen LogP contribution in [0.15, 0.2) is 24.3 Å². The maximum absolute atomic E-state index is 13.3. The molecule has 0 spiro atoms. The number of halogens is 4. The molecule has 2 aromatic rings. The van der Waals surface area contributed by atoms with Gasteiger partial charge >= 0.3 is 12.3 Å². The fourth-order valence-corrected chi connectivity index (χ4v) is 3.96. The predicted molar refractivity (Wildman–Crippen MR) is 113 cm³/mol. The van der Waals surface area contributed by atoms with Crippen LogP contribution in [0.1, 0.15) is 52.1 Å². The van der Waals surface area contributed by atoms with Crippen molar-refractivity contribution in [1.29, 1.82) is 0 Å². The number of primary amides is 1. The van der Waals surface area contributed by atoms with Gasteiger partial charge in [0.25, 0.3) is 0 Å². The molecule has 1 fully saturated rings. The lowest BCUT2D eigenvalue weighted by atomic mass is 9.71. The van der Waals surface area contributed by atoms with Crippen LogP contribution < -0.4 is 11.1 Å². The first-order chi connectivity index (χ1) is 13.8. The van der Waals surface area contributed by atoms with Crippen molar-refractivity contribution in [2.24, 2.45) is 17.1 Å². The van der Waals surface area contributed by atoms with Crippen molar-refractivity contribution >= 4 is 34.3 Å². The predicted octanol–water partition coefficient (Wildman–Crippen LogP) is 6.55. The average Bonchev–Trinajstić information content (AvgIpc) is 2.60. The Morgan fingerprint density at radius 2 is 1.87 bits per heavy atom. The lowest BCUT2D eigenvalue weighted by Gasteiger charge is -2.38. The number of fused-ring (bicyclic) bond motifs is 1. The summed E-state index contributed by atoms with van der Waals surface area (Å²) in [5.41, 5.74) is 4.11. The number of hydrogen-bond donors (Lipinski definition) is 3. The van der Waals surface area contributed by atoms with Gasteiger partial charge in [0, 0.05) is 22.1 Å². The van der Waals surface area contributed by atoms with Crippen LogP contribution in [0.4, 0.5) is 23.7 Å². The summed E-state index contributed by atoms with van der Waals surface area (Å²) in [5.74, 6) is 0.549. The van der Waals surface area contributed by atoms with E-state index in [0.717, 1.165) is 25.3 Å². The molecule has 1 amide bonds. The van der Waals surface area contributed by atoms with Crippen LogP contribution in [0.25, 0.3) is 10.9 Å². The standard InChI is InChI=1S/C20H24ClF3N2.CH3NO2/c1-19(2,3)12-5-4-6-14(9-12)25-17-11-18(20(22,23)24)26-16-8-7-13(21)10-15(16)17;2-1(3)4/h7-8,10-12,14H,4-6,9H2,1-3H3,(H,25,26);2H2,(H,3,4)/t12-,14+;/m1./s1. The molecule has 0 unspecified atom stereocenters. The zero-order valence-corrected chi connectivity index (χ0v) is 17.9. The Labute approximate surface area is 178 Å². The summed E-state index contributed by atoms with van der Waals surface area (Å²) in [6.07, 6.45) is -1.66. The number of pyridine rings is 1. The largest absolute Gasteiger partial charge is 0.465 e. The van der Waals surface area contributed by atoms with E-state index in [4.69, 9.17) is 21.5 Å². The van der Waals surface area contributed by atoms with E-state index in [1.54, 1.807) is 12.1 Å². The van der Waals surface area contributed by atoms with Crippen LogP contribution in [0, 0.1) is 11.3 Å². The lowest BCUT2D eigenvalue weighted by molar-refractivity contribution is -0.140. The Hall–Kier alpha value is -2.22. The number of carboxylic acid groups (broad SMARTS) is 1. The molecule has 2 atom stereocenters. The minimum absolute atomic E-state index is 0.152. The van der Waals surface area contributed by atoms with Gasteiger partial charge < -0.3 is 16.2 Å². The van der Waals surface area contributed by atoms with Crippen LogP contribution in [0.3, 0.4) is 0 Å². The first-order valence-corrected chi connectivity index (χ1v) is 10.1. The zero-order valence-electron chi connectivity index (χ0n) is 17.2. The van der Waals surface area contributed by atoms with Crippen molar-refractivity contribution < 1.29 is 23.1 Å². The molecule has 1 aliphatic carbocycles. The number of nitrogens with zero attached hydrogens (tertiary/aromatic N) is 1. The van der Waals surface area contributed by atoms with E-state index < -0.39 is 18.0 Å². The van der Waals surface area contributed by atoms with Crippen LogP contribution in [-0.2, 0) is 6.18 Å². The molecule has 3 rings (SSSR count). The lowest BCUT2D eigenvalue weighted by Crippen LogP contribution is -2.33. The number of hydrogen-bond acceptors (Lipinski definition) is 3. The number of carbonyl (C=O) groups is 1. The van der Waals surface area contributed by atoms with E-state index >= 15 is 0 Å². The number of rotatable bonds is 2. The molecule has 5 nitrogen and oxygen atoms in total. The maximum Gasteiger partial charge on any atom is 0.433 e. The van der Waals surface area contributed by atoms with Crippen molar-refractivity contribution in [3.63, 3.8) is 0 Å². The number of nitrogens with two attached hydrogens (primary N) is 1. The summed E-state index contributed by atoms with van der Waals surface area (Å²) < 4.78 is 39.8. The first-order valence-electron chi connectivity index (χ1n) is 9.70. The van der Waals surface area contributed by atoms with E-state index in [1.807, 2.05) is 0 Å². The highest BCUT2D eigenvalue weighted by atomic mass is 35.5. The summed E-state index contributed by atoms with van der Waals surface area (Å²) >= 11 is 6.07. The smallest absolute Gasteiger partial charge is 0.433 e. The number of alkyl halides is 3. The van der Waals surface area contributed by atoms with Crippen molar-refractivity contribution in [2.75, 3.05) is 5.32 Å². The molecule has 0 aliphatic heterocycles. The van der Waals surface area contributed by atoms with Crippen molar-refractivity contribution in [3.8, 4) is 0 Å². The Morgan fingerprint density at radius 3 is 2.43 bits per heavy atom. The van der Waals surface area contributed by atoms with E-state index in [2.05, 4.69) is 36.8 Å². The molecule has 1 aliphatic rings. The zero-order chi connectivity index (χ0) is 22.7. The second-order valence-corrected chi connectivity index (χ2v) is 9.06. The topological polar surface area (TPSA) is 88.2 Å². The van der Waals surface area contributed by atoms with Gasteiger partial charge in [0.15, 0.2) is 0 Å². The van der Waals surface area contributed by atoms with Crippen LogP contribution in [0.5, 0.6) is 0 Å². The van der Waals surface area contributed by atoms with Crippen LogP contribution in [0.2, 0.25) is 5.02 Å². The number of aromatic nitrogens is 1. The van der Waals surface area contributed by atoms with Crippen LogP contribution in [-0.4, -0.2) is 22.2 Å². The SMILES string of the molecule is CC(C)(C)[C@@H]1CCC[C@H](Nc2cc(C(F)(F)F)nc3ccc(Cl)cc23)C1.NC(=O)O. The number of benzene rings is 1. The average molecular weight is 446 g/mol. The molecule has 1 aromatic carbocycles. The molecular formula is C21H27ClF3N3O2. The normalized spacial score (nSPS) is 19.7. The molecule has 0 radical (unpaired) electrons. The fraction of sp³-hybridized carbons (Fsp3) is 0.524. The van der Waals surface area contributed by atoms with Crippen molar-refractivity contribution in [1.82, 2.24) is 4.98 Å². The summed E-state index contributed by atoms with van der Waals surface area (Å²) in [7, 11) is 0. The van der Waals surface area contributed by atoms with E-state index in [9.17, 15) is 13.2 Å². The number of nitrogens with one attached hydrogen (secondary N) is 1. The molecule has 30 heavy (non-hydrogen) atoms. The van der Waals surface area contributed by atoms with Gasteiger partial charge in [0.05, 0.1) is 5.52 Å². The van der Waals surface area contributed by atoms with Gasteiger partial charge in [-0.2, -0.15) is 13.2 Å². The Bertz CT molecular complexity index is 893. The highest BCUT2D eigenvalue weighted by Crippen LogP contribution is 2.40. The Balaban J connectivity index is 0.000000735. The molecular weight excluding hydrogens is 419 g/mol. The highest BCUT2D eigenvalue weighted by molar-refractivity contribution is 6.31. The minimum atomic E-state index is -4.48. The molecule has 166 valence electrons. The molecule has 1 heterocycles. The summed E-state index contributed by atoms with van der Waals surface area (Å²) in [6.45, 7) is 6.68. The Morgan fingerprint density at radius 1 is 1.23 bits per heavy atom. The Kier molecular flexibility index (Phi) is 7.45. The molecule has 9 heteroatoms. The van der Waals surface area contributed by atoms with Gasteiger partial charge in [0.1, 0.15) is 5.69 Å². The highest BCUT2D eigenvalue weighted by Gasteiger charge is 2.34. The second-order valence-electron chi connectivity index (χ2n) is 8.62. The van der Waals surface area contributed by atoms with Gasteiger partial charge in [0.2, 0.25) is 0 Å². The third kappa shape index (κ3) is 6.65. The summed E-state index contributed by atoms with van der Waals surface area (Å²) in [6, 6.07) is 6.04. The minimum Gasteiger partial charge on any atom is -0.465 e. The molecule has 0 bridgehead atoms. The third-order valence-corrected chi connectivity index (χ3v) is 5.55. The maximum atomic E-state index is 13.3. The van der Waals surface area contributed by atoms with Crippen molar-refractivity contribution in [2.45, 2.75) is 58.7 Å². The summed E-state index contributed by atoms with van der Waals surface area (Å²) in [4.78, 5) is 12.5. The molecule has 4 N–H and O–H groups in total. The molecule has 1 saturated carbocycles. The quantitative estimate of drug-likeness (QED) is 0.489. The van der Waals surface area contributed by atoms with Gasteiger partial charge in [-0.3, -0.25) is 0 Å². The molecule has 0 saturated heterocycles. The monoisotopic (exact) mass is 445 g/mol. The van der Waals surface area contributed by atoms with Gasteiger partial charge in [-0.1, -0.05) is 38.8 Å².